The van der Waals surface area contributed by atoms with E-state index in [0.29, 0.717) is 11.8 Å². The maximum absolute atomic E-state index is 2.52. The standard InChI is InChI=1S/C35H38N3/c1-21(2)27-12-10-13-28(22(3)4)34(27)32-20-36(8)35-33-23(5)11-9-14-29(33)30-19-26(17-18-31(30)38(32)35)37-24(6)15-16-25(37)7/h9-22H,1-8H3/q+1. The van der Waals surface area contributed by atoms with Gasteiger partial charge in [0.25, 0.3) is 5.65 Å². The lowest BCUT2D eigenvalue weighted by Gasteiger charge is -2.18. The largest absolute Gasteiger partial charge is 0.318 e. The highest BCUT2D eigenvalue weighted by Crippen LogP contribution is 2.40. The molecule has 0 fully saturated rings. The molecule has 0 aliphatic heterocycles. The van der Waals surface area contributed by atoms with Crippen molar-refractivity contribution in [1.82, 2.24) is 8.97 Å². The minimum Gasteiger partial charge on any atom is -0.318 e. The molecule has 3 heteroatoms. The van der Waals surface area contributed by atoms with Crippen molar-refractivity contribution in [3.8, 4) is 16.9 Å². The highest BCUT2D eigenvalue weighted by molar-refractivity contribution is 6.13. The molecule has 6 aromatic rings. The van der Waals surface area contributed by atoms with E-state index in [9.17, 15) is 0 Å². The van der Waals surface area contributed by atoms with Gasteiger partial charge in [0, 0.05) is 33.4 Å². The number of rotatable bonds is 4. The van der Waals surface area contributed by atoms with Crippen molar-refractivity contribution in [2.45, 2.75) is 60.3 Å². The van der Waals surface area contributed by atoms with E-state index in [1.165, 1.54) is 72.3 Å². The van der Waals surface area contributed by atoms with Gasteiger partial charge in [-0.1, -0.05) is 64.1 Å². The van der Waals surface area contributed by atoms with E-state index >= 15 is 0 Å². The smallest absolute Gasteiger partial charge is 0.295 e. The summed E-state index contributed by atoms with van der Waals surface area (Å²) in [6.45, 7) is 15.8. The molecule has 0 amide bonds. The number of aryl methyl sites for hydroxylation is 4. The SMILES string of the molecule is Cc1cccc2c3cc(-n4c(C)ccc4C)ccc3n3c(-c4c(C(C)C)cccc4C(C)C)c[n+](C)c3c12. The molecule has 0 saturated carbocycles. The molecule has 0 radical (unpaired) electrons. The minimum absolute atomic E-state index is 0.430. The van der Waals surface area contributed by atoms with E-state index in [2.05, 4.69) is 142 Å². The van der Waals surface area contributed by atoms with E-state index in [1.54, 1.807) is 0 Å². The lowest BCUT2D eigenvalue weighted by atomic mass is 9.87. The van der Waals surface area contributed by atoms with E-state index in [-0.39, 0.29) is 0 Å². The van der Waals surface area contributed by atoms with Crippen LogP contribution in [0.15, 0.2) is 72.9 Å². The van der Waals surface area contributed by atoms with Gasteiger partial charge in [0.1, 0.15) is 11.7 Å². The van der Waals surface area contributed by atoms with Crippen LogP contribution in [-0.4, -0.2) is 8.97 Å². The van der Waals surface area contributed by atoms with Crippen LogP contribution in [0.3, 0.4) is 0 Å². The number of hydrogen-bond donors (Lipinski definition) is 0. The molecular weight excluding hydrogens is 462 g/mol. The van der Waals surface area contributed by atoms with E-state index in [1.807, 2.05) is 0 Å². The fourth-order valence-electron chi connectivity index (χ4n) is 6.47. The zero-order valence-corrected chi connectivity index (χ0v) is 23.9. The second-order valence-corrected chi connectivity index (χ2v) is 11.6. The van der Waals surface area contributed by atoms with Crippen molar-refractivity contribution in [3.63, 3.8) is 0 Å². The molecule has 192 valence electrons. The summed E-state index contributed by atoms with van der Waals surface area (Å²) in [7, 11) is 2.20. The third-order valence-electron chi connectivity index (χ3n) is 8.27. The summed E-state index contributed by atoms with van der Waals surface area (Å²) in [5.74, 6) is 0.860. The number of aromatic nitrogens is 3. The van der Waals surface area contributed by atoms with Crippen LogP contribution in [0.1, 0.15) is 67.6 Å². The molecule has 0 N–H and O–H groups in total. The van der Waals surface area contributed by atoms with Crippen LogP contribution in [0.2, 0.25) is 0 Å². The second-order valence-electron chi connectivity index (χ2n) is 11.6. The number of hydrogen-bond acceptors (Lipinski definition) is 0. The number of nitrogens with zero attached hydrogens (tertiary/aromatic N) is 3. The van der Waals surface area contributed by atoms with Gasteiger partial charge in [0.2, 0.25) is 0 Å². The van der Waals surface area contributed by atoms with Gasteiger partial charge in [-0.15, -0.1) is 0 Å². The minimum atomic E-state index is 0.430. The molecule has 0 spiro atoms. The molecule has 0 bridgehead atoms. The fourth-order valence-corrected chi connectivity index (χ4v) is 6.47. The Hall–Kier alpha value is -3.85. The van der Waals surface area contributed by atoms with Gasteiger partial charge in [0.15, 0.2) is 5.69 Å². The Kier molecular flexibility index (Phi) is 5.72. The molecule has 0 unspecified atom stereocenters. The zero-order chi connectivity index (χ0) is 26.9. The van der Waals surface area contributed by atoms with E-state index in [4.69, 9.17) is 0 Å². The molecule has 3 aromatic carbocycles. The molecular formula is C35H38N3+. The Morgan fingerprint density at radius 2 is 1.34 bits per heavy atom. The van der Waals surface area contributed by atoms with Crippen molar-refractivity contribution in [1.29, 1.82) is 0 Å². The summed E-state index contributed by atoms with van der Waals surface area (Å²) >= 11 is 0. The highest BCUT2D eigenvalue weighted by Gasteiger charge is 2.28. The molecule has 3 aromatic heterocycles. The number of fused-ring (bicyclic) bond motifs is 6. The highest BCUT2D eigenvalue weighted by atomic mass is 15.1. The summed E-state index contributed by atoms with van der Waals surface area (Å²) in [5, 5.41) is 3.91. The third kappa shape index (κ3) is 3.52. The Morgan fingerprint density at radius 3 is 1.97 bits per heavy atom. The second kappa shape index (κ2) is 8.87. The third-order valence-corrected chi connectivity index (χ3v) is 8.27. The van der Waals surface area contributed by atoms with Crippen LogP contribution >= 0.6 is 0 Å². The van der Waals surface area contributed by atoms with Crippen molar-refractivity contribution < 1.29 is 4.57 Å². The number of benzene rings is 3. The zero-order valence-electron chi connectivity index (χ0n) is 23.9. The van der Waals surface area contributed by atoms with Gasteiger partial charge in [-0.3, -0.25) is 0 Å². The summed E-state index contributed by atoms with van der Waals surface area (Å²) in [4.78, 5) is 0. The quantitative estimate of drug-likeness (QED) is 0.170. The molecule has 0 aliphatic rings. The monoisotopic (exact) mass is 500 g/mol. The van der Waals surface area contributed by atoms with Crippen LogP contribution in [0.4, 0.5) is 0 Å². The summed E-state index contributed by atoms with van der Waals surface area (Å²) in [6.07, 6.45) is 2.35. The van der Waals surface area contributed by atoms with Crippen LogP contribution < -0.4 is 4.57 Å². The summed E-state index contributed by atoms with van der Waals surface area (Å²) < 4.78 is 7.21. The Bertz CT molecular complexity index is 1810. The van der Waals surface area contributed by atoms with Crippen molar-refractivity contribution in [3.05, 3.63) is 101 Å². The molecule has 0 saturated heterocycles. The first kappa shape index (κ1) is 24.5. The normalized spacial score (nSPS) is 12.2. The number of pyridine rings is 1. The van der Waals surface area contributed by atoms with Crippen molar-refractivity contribution >= 4 is 27.3 Å². The van der Waals surface area contributed by atoms with Crippen LogP contribution in [0, 0.1) is 20.8 Å². The Morgan fingerprint density at radius 1 is 0.711 bits per heavy atom. The fraction of sp³-hybridized carbons (Fsp3) is 0.286. The summed E-state index contributed by atoms with van der Waals surface area (Å²) in [5.41, 5.74) is 13.0. The van der Waals surface area contributed by atoms with Crippen LogP contribution in [0.5, 0.6) is 0 Å². The average Bonchev–Trinajstić information content (AvgIpc) is 3.41. The molecule has 3 nitrogen and oxygen atoms in total. The summed E-state index contributed by atoms with van der Waals surface area (Å²) in [6, 6.07) is 25.0. The molecule has 0 atom stereocenters. The van der Waals surface area contributed by atoms with Gasteiger partial charge in [0.05, 0.1) is 12.4 Å². The maximum atomic E-state index is 2.52. The first-order chi connectivity index (χ1) is 18.2. The maximum Gasteiger partial charge on any atom is 0.295 e. The molecule has 3 heterocycles. The first-order valence-electron chi connectivity index (χ1n) is 13.8. The van der Waals surface area contributed by atoms with E-state index < -0.39 is 0 Å². The average molecular weight is 501 g/mol. The Labute approximate surface area is 226 Å². The Balaban J connectivity index is 1.83. The van der Waals surface area contributed by atoms with Gasteiger partial charge < -0.3 is 4.57 Å². The molecule has 38 heavy (non-hydrogen) atoms. The van der Waals surface area contributed by atoms with E-state index in [0.717, 1.165) is 0 Å². The predicted molar refractivity (Wildman–Crippen MR) is 161 cm³/mol. The topological polar surface area (TPSA) is 13.2 Å². The van der Waals surface area contributed by atoms with Gasteiger partial charge in [-0.05, 0) is 79.6 Å². The van der Waals surface area contributed by atoms with Crippen LogP contribution in [-0.2, 0) is 7.05 Å². The van der Waals surface area contributed by atoms with Gasteiger partial charge >= 0.3 is 0 Å². The van der Waals surface area contributed by atoms with Gasteiger partial charge in [-0.2, -0.15) is 4.40 Å². The van der Waals surface area contributed by atoms with Crippen molar-refractivity contribution in [2.75, 3.05) is 0 Å². The van der Waals surface area contributed by atoms with Gasteiger partial charge in [-0.25, -0.2) is 4.57 Å². The lowest BCUT2D eigenvalue weighted by Crippen LogP contribution is -2.26. The molecule has 6 rings (SSSR count). The van der Waals surface area contributed by atoms with Crippen molar-refractivity contribution in [2.24, 2.45) is 7.05 Å². The lowest BCUT2D eigenvalue weighted by molar-refractivity contribution is -0.643. The first-order valence-corrected chi connectivity index (χ1v) is 13.8. The van der Waals surface area contributed by atoms with Crippen LogP contribution in [0.25, 0.3) is 44.3 Å². The predicted octanol–water partition coefficient (Wildman–Crippen LogP) is 8.70. The molecule has 0 aliphatic carbocycles. The number of imidazole rings is 1.